The van der Waals surface area contributed by atoms with Crippen LogP contribution < -0.4 is 4.90 Å². The van der Waals surface area contributed by atoms with Crippen LogP contribution >= 0.6 is 0 Å². The maximum absolute atomic E-state index is 13.2. The fourth-order valence-electron chi connectivity index (χ4n) is 3.47. The third-order valence-electron chi connectivity index (χ3n) is 4.60. The molecule has 128 valence electrons. The zero-order chi connectivity index (χ0) is 17.3. The second-order valence-electron chi connectivity index (χ2n) is 6.55. The van der Waals surface area contributed by atoms with E-state index in [2.05, 4.69) is 0 Å². The van der Waals surface area contributed by atoms with Crippen LogP contribution in [0.2, 0.25) is 0 Å². The molecule has 0 bridgehead atoms. The first-order valence-electron chi connectivity index (χ1n) is 8.22. The van der Waals surface area contributed by atoms with Crippen LogP contribution in [0.1, 0.15) is 31.2 Å². The fourth-order valence-corrected chi connectivity index (χ4v) is 3.47. The van der Waals surface area contributed by atoms with E-state index >= 15 is 0 Å². The number of imide groups is 2. The van der Waals surface area contributed by atoms with Gasteiger partial charge in [0.05, 0.1) is 7.05 Å². The van der Waals surface area contributed by atoms with E-state index in [1.807, 2.05) is 0 Å². The Balaban J connectivity index is 1.66. The van der Waals surface area contributed by atoms with Crippen molar-refractivity contribution in [3.05, 3.63) is 35.6 Å². The third-order valence-corrected chi connectivity index (χ3v) is 4.60. The number of nitrogens with one attached hydrogen (secondary N) is 1. The van der Waals surface area contributed by atoms with E-state index in [-0.39, 0.29) is 18.5 Å². The molecule has 0 radical (unpaired) electrons. The highest BCUT2D eigenvalue weighted by atomic mass is 19.1. The van der Waals surface area contributed by atoms with E-state index < -0.39 is 17.8 Å². The highest BCUT2D eigenvalue weighted by Crippen LogP contribution is 2.27. The van der Waals surface area contributed by atoms with Gasteiger partial charge in [0.2, 0.25) is 0 Å². The Bertz CT molecular complexity index is 673. The summed E-state index contributed by atoms with van der Waals surface area (Å²) < 4.78 is 13.2. The number of hydrogen-bond acceptors (Lipinski definition) is 3. The number of urea groups is 1. The molecule has 6 nitrogen and oxygen atoms in total. The smallest absolute Gasteiger partial charge is 0.316 e. The first-order valence-corrected chi connectivity index (χ1v) is 8.22. The minimum atomic E-state index is -0.759. The monoisotopic (exact) mass is 334 g/mol. The molecule has 1 aromatic carbocycles. The lowest BCUT2D eigenvalue weighted by molar-refractivity contribution is -0.901. The van der Waals surface area contributed by atoms with Crippen molar-refractivity contribution in [1.29, 1.82) is 0 Å². The summed E-state index contributed by atoms with van der Waals surface area (Å²) in [6, 6.07) is 5.53. The Morgan fingerprint density at radius 3 is 2.54 bits per heavy atom. The largest absolute Gasteiger partial charge is 0.338 e. The number of carbonyl (C=O) groups excluding carboxylic acids is 3. The maximum Gasteiger partial charge on any atom is 0.338 e. The Morgan fingerprint density at radius 2 is 1.88 bits per heavy atom. The van der Waals surface area contributed by atoms with Crippen LogP contribution in [0.25, 0.3) is 0 Å². The van der Waals surface area contributed by atoms with Gasteiger partial charge in [-0.1, -0.05) is 25.0 Å². The van der Waals surface area contributed by atoms with Crippen molar-refractivity contribution in [3.63, 3.8) is 0 Å². The molecular weight excluding hydrogens is 313 g/mol. The summed E-state index contributed by atoms with van der Waals surface area (Å²) in [5, 5.41) is 0. The zero-order valence-electron chi connectivity index (χ0n) is 13.6. The number of quaternary nitrogens is 1. The van der Waals surface area contributed by atoms with Crippen molar-refractivity contribution in [3.8, 4) is 0 Å². The number of carbonyl (C=O) groups is 3. The molecule has 1 heterocycles. The first kappa shape index (κ1) is 16.6. The van der Waals surface area contributed by atoms with Crippen LogP contribution in [-0.2, 0) is 16.1 Å². The summed E-state index contributed by atoms with van der Waals surface area (Å²) in [7, 11) is 1.80. The molecule has 2 fully saturated rings. The molecule has 4 amide bonds. The van der Waals surface area contributed by atoms with E-state index in [0.29, 0.717) is 6.54 Å². The lowest BCUT2D eigenvalue weighted by atomic mass is 10.2. The Morgan fingerprint density at radius 1 is 1.17 bits per heavy atom. The molecule has 0 aromatic heterocycles. The fraction of sp³-hybridized carbons (Fsp3) is 0.471. The molecule has 7 heteroatoms. The average molecular weight is 334 g/mol. The highest BCUT2D eigenvalue weighted by Gasteiger charge is 2.49. The van der Waals surface area contributed by atoms with Crippen molar-refractivity contribution in [2.75, 3.05) is 13.7 Å². The van der Waals surface area contributed by atoms with Gasteiger partial charge < -0.3 is 4.90 Å². The number of nitrogens with zero attached hydrogens (tertiary/aromatic N) is 2. The van der Waals surface area contributed by atoms with E-state index in [1.54, 1.807) is 19.2 Å². The quantitative estimate of drug-likeness (QED) is 0.631. The summed E-state index contributed by atoms with van der Waals surface area (Å²) in [6.07, 6.45) is 3.48. The summed E-state index contributed by atoms with van der Waals surface area (Å²) in [5.74, 6) is -1.80. The van der Waals surface area contributed by atoms with Gasteiger partial charge in [0.1, 0.15) is 12.4 Å². The Kier molecular flexibility index (Phi) is 4.62. The van der Waals surface area contributed by atoms with Gasteiger partial charge in [-0.05, 0) is 25.0 Å². The molecule has 1 saturated heterocycles. The Labute approximate surface area is 139 Å². The van der Waals surface area contributed by atoms with Crippen LogP contribution in [0.4, 0.5) is 9.18 Å². The molecule has 2 aliphatic rings. The van der Waals surface area contributed by atoms with E-state index in [0.717, 1.165) is 45.9 Å². The van der Waals surface area contributed by atoms with Gasteiger partial charge in [-0.25, -0.2) is 14.1 Å². The van der Waals surface area contributed by atoms with Gasteiger partial charge in [-0.15, -0.1) is 0 Å². The molecule has 1 N–H and O–H groups in total. The molecule has 1 atom stereocenters. The number of hydrogen-bond donors (Lipinski definition) is 1. The van der Waals surface area contributed by atoms with Crippen LogP contribution in [0.15, 0.2) is 24.3 Å². The summed E-state index contributed by atoms with van der Waals surface area (Å²) in [4.78, 5) is 39.8. The maximum atomic E-state index is 13.2. The van der Waals surface area contributed by atoms with Crippen LogP contribution in [0.3, 0.4) is 0 Å². The lowest BCUT2D eigenvalue weighted by Crippen LogP contribution is -3.09. The number of amides is 4. The van der Waals surface area contributed by atoms with Gasteiger partial charge in [0.15, 0.2) is 6.67 Å². The van der Waals surface area contributed by atoms with Crippen LogP contribution in [0.5, 0.6) is 0 Å². The number of rotatable bonds is 5. The molecule has 1 aromatic rings. The highest BCUT2D eigenvalue weighted by molar-refractivity contribution is 6.44. The van der Waals surface area contributed by atoms with Gasteiger partial charge >= 0.3 is 17.8 Å². The Hall–Kier alpha value is -2.28. The third kappa shape index (κ3) is 3.17. The minimum Gasteiger partial charge on any atom is -0.316 e. The number of halogens is 1. The molecule has 24 heavy (non-hydrogen) atoms. The van der Waals surface area contributed by atoms with Crippen molar-refractivity contribution < 1.29 is 23.7 Å². The molecule has 1 saturated carbocycles. The van der Waals surface area contributed by atoms with Crippen molar-refractivity contribution in [2.24, 2.45) is 0 Å². The van der Waals surface area contributed by atoms with Crippen molar-refractivity contribution in [1.82, 2.24) is 9.80 Å². The standard InChI is InChI=1S/C17H20FN3O3/c1-19(10-12-5-4-6-13(18)9-12)11-20-15(22)16(23)21(17(20)24)14-7-2-3-8-14/h4-6,9,14H,2-3,7-8,10-11H2,1H3/p+1. The SMILES string of the molecule is C[NH+](Cc1cccc(F)c1)CN1C(=O)C(=O)N(C2CCCC2)C1=O. The zero-order valence-corrected chi connectivity index (χ0v) is 13.6. The van der Waals surface area contributed by atoms with Gasteiger partial charge in [-0.3, -0.25) is 14.5 Å². The molecule has 3 rings (SSSR count). The van der Waals surface area contributed by atoms with Crippen LogP contribution in [-0.4, -0.2) is 47.4 Å². The summed E-state index contributed by atoms with van der Waals surface area (Å²) >= 11 is 0. The minimum absolute atomic E-state index is 0.0864. The first-order chi connectivity index (χ1) is 11.5. The molecule has 0 spiro atoms. The van der Waals surface area contributed by atoms with Gasteiger partial charge in [-0.2, -0.15) is 0 Å². The van der Waals surface area contributed by atoms with E-state index in [1.165, 1.54) is 12.1 Å². The topological polar surface area (TPSA) is 62.1 Å². The lowest BCUT2D eigenvalue weighted by Gasteiger charge is -2.22. The predicted molar refractivity (Wildman–Crippen MR) is 83.2 cm³/mol. The predicted octanol–water partition coefficient (Wildman–Crippen LogP) is 0.531. The van der Waals surface area contributed by atoms with E-state index in [9.17, 15) is 18.8 Å². The van der Waals surface area contributed by atoms with E-state index in [4.69, 9.17) is 0 Å². The summed E-state index contributed by atoms with van der Waals surface area (Å²) in [6.45, 7) is 0.537. The van der Waals surface area contributed by atoms with Gasteiger partial charge in [0.25, 0.3) is 0 Å². The van der Waals surface area contributed by atoms with Crippen molar-refractivity contribution >= 4 is 17.8 Å². The number of benzene rings is 1. The molecule has 1 unspecified atom stereocenters. The second kappa shape index (κ2) is 6.68. The van der Waals surface area contributed by atoms with Crippen molar-refractivity contribution in [2.45, 2.75) is 38.3 Å². The normalized spacial score (nSPS) is 20.3. The molecule has 1 aliphatic heterocycles. The second-order valence-corrected chi connectivity index (χ2v) is 6.55. The van der Waals surface area contributed by atoms with Gasteiger partial charge in [0, 0.05) is 11.6 Å². The molecule has 1 aliphatic carbocycles. The summed E-state index contributed by atoms with van der Waals surface area (Å²) in [5.41, 5.74) is 0.769. The average Bonchev–Trinajstić information content (AvgIpc) is 3.11. The van der Waals surface area contributed by atoms with Crippen LogP contribution in [0, 0.1) is 5.82 Å². The molecular formula is C17H21FN3O3+.